The highest BCUT2D eigenvalue weighted by Gasteiger charge is 2.52. The second-order valence-corrected chi connectivity index (χ2v) is 3.82. The number of nitrogens with zero attached hydrogens (tertiary/aromatic N) is 1. The quantitative estimate of drug-likeness (QED) is 0.433. The van der Waals surface area contributed by atoms with Crippen LogP contribution in [0.25, 0.3) is 0 Å². The Hall–Kier alpha value is -0.200. The standard InChI is InChI=1S/C8H15NO4.C2H6/c10-3-4-7(12)8(13)6-5(11)1-2-9(4)6;1-2/h4-8,10-13H,1-3H2;1-2H3/t4-,5+,6+,7-,8-;/m1./s1. The van der Waals surface area contributed by atoms with Crippen LogP contribution >= 0.6 is 0 Å². The summed E-state index contributed by atoms with van der Waals surface area (Å²) >= 11 is 0. The van der Waals surface area contributed by atoms with Gasteiger partial charge in [0.15, 0.2) is 0 Å². The first-order valence-electron chi connectivity index (χ1n) is 5.57. The molecule has 4 N–H and O–H groups in total. The molecule has 2 aliphatic heterocycles. The van der Waals surface area contributed by atoms with Crippen LogP contribution < -0.4 is 0 Å². The number of aliphatic hydroxyl groups excluding tert-OH is 4. The molecule has 0 aromatic heterocycles. The van der Waals surface area contributed by atoms with Crippen molar-refractivity contribution in [2.45, 2.75) is 50.7 Å². The molecule has 2 heterocycles. The van der Waals surface area contributed by atoms with E-state index in [1.807, 2.05) is 13.8 Å². The summed E-state index contributed by atoms with van der Waals surface area (Å²) in [4.78, 5) is 1.79. The van der Waals surface area contributed by atoms with E-state index in [0.29, 0.717) is 13.0 Å². The van der Waals surface area contributed by atoms with Crippen molar-refractivity contribution in [2.24, 2.45) is 0 Å². The zero-order valence-electron chi connectivity index (χ0n) is 9.24. The molecule has 0 bridgehead atoms. The van der Waals surface area contributed by atoms with E-state index in [-0.39, 0.29) is 6.61 Å². The number of hydrogen-bond acceptors (Lipinski definition) is 5. The number of hydrogen-bond donors (Lipinski definition) is 4. The van der Waals surface area contributed by atoms with Gasteiger partial charge in [-0.2, -0.15) is 0 Å². The van der Waals surface area contributed by atoms with Crippen molar-refractivity contribution in [3.63, 3.8) is 0 Å². The van der Waals surface area contributed by atoms with Gasteiger partial charge < -0.3 is 20.4 Å². The molecule has 0 saturated carbocycles. The highest BCUT2D eigenvalue weighted by atomic mass is 16.3. The average molecular weight is 219 g/mol. The van der Waals surface area contributed by atoms with E-state index in [0.717, 1.165) is 0 Å². The minimum atomic E-state index is -0.940. The first-order chi connectivity index (χ1) is 7.16. The molecule has 0 spiro atoms. The molecule has 0 aromatic rings. The fourth-order valence-corrected chi connectivity index (χ4v) is 2.47. The summed E-state index contributed by atoms with van der Waals surface area (Å²) in [6.07, 6.45) is -1.86. The van der Waals surface area contributed by atoms with Crippen LogP contribution in [0.2, 0.25) is 0 Å². The van der Waals surface area contributed by atoms with E-state index in [2.05, 4.69) is 0 Å². The maximum atomic E-state index is 9.58. The van der Waals surface area contributed by atoms with Crippen molar-refractivity contribution in [3.05, 3.63) is 0 Å². The monoisotopic (exact) mass is 219 g/mol. The lowest BCUT2D eigenvalue weighted by Crippen LogP contribution is -2.39. The summed E-state index contributed by atoms with van der Waals surface area (Å²) in [5.41, 5.74) is 0. The SMILES string of the molecule is CC.OC[C@@H]1[C@@H](O)[C@H](O)[C@@H]2[C@@H](O)CCN21. The van der Waals surface area contributed by atoms with Crippen LogP contribution in [0.3, 0.4) is 0 Å². The van der Waals surface area contributed by atoms with Crippen molar-refractivity contribution in [3.8, 4) is 0 Å². The molecule has 5 atom stereocenters. The van der Waals surface area contributed by atoms with Gasteiger partial charge in [-0.3, -0.25) is 4.90 Å². The Kier molecular flexibility index (Phi) is 4.48. The van der Waals surface area contributed by atoms with Gasteiger partial charge in [-0.05, 0) is 6.42 Å². The predicted octanol–water partition coefficient (Wildman–Crippen LogP) is -1.46. The normalized spacial score (nSPS) is 44.8. The van der Waals surface area contributed by atoms with Crippen molar-refractivity contribution in [1.82, 2.24) is 4.90 Å². The molecular weight excluding hydrogens is 198 g/mol. The fraction of sp³-hybridized carbons (Fsp3) is 1.00. The van der Waals surface area contributed by atoms with E-state index in [1.54, 1.807) is 4.90 Å². The van der Waals surface area contributed by atoms with Crippen LogP contribution in [0, 0.1) is 0 Å². The fourth-order valence-electron chi connectivity index (χ4n) is 2.47. The molecule has 0 aliphatic carbocycles. The predicted molar refractivity (Wildman–Crippen MR) is 55.4 cm³/mol. The minimum Gasteiger partial charge on any atom is -0.395 e. The third-order valence-electron chi connectivity index (χ3n) is 3.17. The molecule has 15 heavy (non-hydrogen) atoms. The van der Waals surface area contributed by atoms with E-state index < -0.39 is 30.4 Å². The van der Waals surface area contributed by atoms with E-state index in [9.17, 15) is 15.3 Å². The third kappa shape index (κ3) is 2.03. The molecule has 90 valence electrons. The molecule has 2 rings (SSSR count). The average Bonchev–Trinajstić information content (AvgIpc) is 2.73. The Balaban J connectivity index is 0.000000531. The first kappa shape index (κ1) is 12.9. The Morgan fingerprint density at radius 2 is 1.73 bits per heavy atom. The van der Waals surface area contributed by atoms with Gasteiger partial charge in [-0.25, -0.2) is 0 Å². The lowest BCUT2D eigenvalue weighted by molar-refractivity contribution is -0.000895. The van der Waals surface area contributed by atoms with Gasteiger partial charge in [-0.15, -0.1) is 0 Å². The summed E-state index contributed by atoms with van der Waals surface area (Å²) in [6.45, 7) is 4.45. The first-order valence-corrected chi connectivity index (χ1v) is 5.57. The van der Waals surface area contributed by atoms with Gasteiger partial charge >= 0.3 is 0 Å². The second kappa shape index (κ2) is 5.23. The largest absolute Gasteiger partial charge is 0.395 e. The van der Waals surface area contributed by atoms with Gasteiger partial charge in [0.25, 0.3) is 0 Å². The molecule has 0 radical (unpaired) electrons. The minimum absolute atomic E-state index is 0.179. The Morgan fingerprint density at radius 3 is 2.27 bits per heavy atom. The zero-order chi connectivity index (χ0) is 11.6. The molecule has 2 fully saturated rings. The number of fused-ring (bicyclic) bond motifs is 1. The molecular formula is C10H21NO4. The van der Waals surface area contributed by atoms with Crippen molar-refractivity contribution in [1.29, 1.82) is 0 Å². The van der Waals surface area contributed by atoms with Crippen LogP contribution in [-0.4, -0.2) is 68.9 Å². The van der Waals surface area contributed by atoms with Gasteiger partial charge in [0.1, 0.15) is 0 Å². The molecule has 2 aliphatic rings. The zero-order valence-corrected chi connectivity index (χ0v) is 9.24. The highest BCUT2D eigenvalue weighted by molar-refractivity contribution is 5.06. The smallest absolute Gasteiger partial charge is 0.0995 e. The van der Waals surface area contributed by atoms with Crippen LogP contribution in [0.1, 0.15) is 20.3 Å². The summed E-state index contributed by atoms with van der Waals surface area (Å²) in [5.74, 6) is 0. The molecule has 0 amide bonds. The van der Waals surface area contributed by atoms with E-state index in [1.165, 1.54) is 0 Å². The van der Waals surface area contributed by atoms with Crippen LogP contribution in [0.5, 0.6) is 0 Å². The second-order valence-electron chi connectivity index (χ2n) is 3.82. The highest BCUT2D eigenvalue weighted by Crippen LogP contribution is 2.33. The number of rotatable bonds is 1. The van der Waals surface area contributed by atoms with Crippen LogP contribution in [0.4, 0.5) is 0 Å². The molecule has 0 aromatic carbocycles. The molecule has 5 nitrogen and oxygen atoms in total. The van der Waals surface area contributed by atoms with Gasteiger partial charge in [0, 0.05) is 6.54 Å². The van der Waals surface area contributed by atoms with Gasteiger partial charge in [0.05, 0.1) is 37.0 Å². The summed E-state index contributed by atoms with van der Waals surface area (Å²) in [5, 5.41) is 37.6. The Morgan fingerprint density at radius 1 is 1.13 bits per heavy atom. The van der Waals surface area contributed by atoms with Gasteiger partial charge in [0.2, 0.25) is 0 Å². The van der Waals surface area contributed by atoms with Crippen molar-refractivity contribution >= 4 is 0 Å². The maximum Gasteiger partial charge on any atom is 0.0995 e. The summed E-state index contributed by atoms with van der Waals surface area (Å²) < 4.78 is 0. The molecule has 2 saturated heterocycles. The summed E-state index contributed by atoms with van der Waals surface area (Å²) in [7, 11) is 0. The van der Waals surface area contributed by atoms with Crippen LogP contribution in [0.15, 0.2) is 0 Å². The Bertz CT molecular complexity index is 202. The maximum absolute atomic E-state index is 9.58. The van der Waals surface area contributed by atoms with Crippen molar-refractivity contribution < 1.29 is 20.4 Å². The van der Waals surface area contributed by atoms with Gasteiger partial charge in [-0.1, -0.05) is 13.8 Å². The Labute approximate surface area is 90.0 Å². The lowest BCUT2D eigenvalue weighted by atomic mass is 10.0. The topological polar surface area (TPSA) is 84.2 Å². The van der Waals surface area contributed by atoms with Crippen LogP contribution in [-0.2, 0) is 0 Å². The summed E-state index contributed by atoms with van der Waals surface area (Å²) in [6, 6.07) is -0.815. The van der Waals surface area contributed by atoms with E-state index >= 15 is 0 Å². The molecule has 0 unspecified atom stereocenters. The lowest BCUT2D eigenvalue weighted by Gasteiger charge is -2.22. The third-order valence-corrected chi connectivity index (χ3v) is 3.17. The molecule has 5 heteroatoms. The number of aliphatic hydroxyl groups is 4. The van der Waals surface area contributed by atoms with Crippen molar-refractivity contribution in [2.75, 3.05) is 13.2 Å². The van der Waals surface area contributed by atoms with E-state index in [4.69, 9.17) is 5.11 Å².